The topological polar surface area (TPSA) is 26.3 Å². The van der Waals surface area contributed by atoms with Crippen molar-refractivity contribution in [3.8, 4) is 11.8 Å². The van der Waals surface area contributed by atoms with Crippen LogP contribution in [-0.2, 0) is 9.53 Å². The van der Waals surface area contributed by atoms with Crippen LogP contribution in [0, 0.1) is 17.8 Å². The summed E-state index contributed by atoms with van der Waals surface area (Å²) in [6.45, 7) is 1.43. The fourth-order valence-corrected chi connectivity index (χ4v) is 3.48. The van der Waals surface area contributed by atoms with Crippen molar-refractivity contribution in [2.75, 3.05) is 0 Å². The van der Waals surface area contributed by atoms with Gasteiger partial charge in [-0.05, 0) is 34.4 Å². The number of carbonyl (C=O) groups is 1. The van der Waals surface area contributed by atoms with Crippen LogP contribution in [0.2, 0.25) is 0 Å². The second-order valence-corrected chi connectivity index (χ2v) is 6.70. The van der Waals surface area contributed by atoms with E-state index < -0.39 is 6.10 Å². The predicted molar refractivity (Wildman–Crippen MR) is 112 cm³/mol. The van der Waals surface area contributed by atoms with Gasteiger partial charge in [0.1, 0.15) is 0 Å². The lowest BCUT2D eigenvalue weighted by Gasteiger charge is -2.13. The molecule has 136 valence electrons. The molecule has 0 aliphatic heterocycles. The maximum absolute atomic E-state index is 11.8. The first-order valence-corrected chi connectivity index (χ1v) is 9.33. The maximum Gasteiger partial charge on any atom is 0.303 e. The standard InChI is InChI=1S/C26H20O2/c1-19(27)28-23(18-17-20-11-5-2-6-12-20)26-24(21-13-7-3-8-14-21)25(26)22-15-9-4-10-16-22/h2-16,23,26H,1H3. The van der Waals surface area contributed by atoms with E-state index in [0.29, 0.717) is 0 Å². The molecule has 0 amide bonds. The van der Waals surface area contributed by atoms with E-state index in [2.05, 4.69) is 36.1 Å². The van der Waals surface area contributed by atoms with Crippen molar-refractivity contribution in [3.63, 3.8) is 0 Å². The largest absolute Gasteiger partial charge is 0.448 e. The van der Waals surface area contributed by atoms with Gasteiger partial charge >= 0.3 is 5.97 Å². The Balaban J connectivity index is 1.71. The Hall–Kier alpha value is -3.57. The first-order chi connectivity index (χ1) is 13.7. The van der Waals surface area contributed by atoms with Gasteiger partial charge in [0.25, 0.3) is 0 Å². The SMILES string of the molecule is CC(=O)OC(C#Cc1ccccc1)C1C(c2ccccc2)=C1c1ccccc1. The summed E-state index contributed by atoms with van der Waals surface area (Å²) in [5.74, 6) is 6.01. The van der Waals surface area contributed by atoms with Crippen molar-refractivity contribution in [1.82, 2.24) is 0 Å². The second-order valence-electron chi connectivity index (χ2n) is 6.70. The Morgan fingerprint density at radius 2 is 1.25 bits per heavy atom. The molecule has 0 N–H and O–H groups in total. The molecule has 3 aromatic rings. The lowest BCUT2D eigenvalue weighted by Crippen LogP contribution is -2.19. The Labute approximate surface area is 165 Å². The van der Waals surface area contributed by atoms with Gasteiger partial charge in [-0.3, -0.25) is 4.79 Å². The van der Waals surface area contributed by atoms with Crippen LogP contribution >= 0.6 is 0 Å². The summed E-state index contributed by atoms with van der Waals surface area (Å²) in [4.78, 5) is 11.8. The van der Waals surface area contributed by atoms with E-state index in [1.54, 1.807) is 0 Å². The summed E-state index contributed by atoms with van der Waals surface area (Å²) < 4.78 is 5.65. The lowest BCUT2D eigenvalue weighted by molar-refractivity contribution is -0.144. The molecule has 2 nitrogen and oxygen atoms in total. The highest BCUT2D eigenvalue weighted by molar-refractivity contribution is 6.11. The summed E-state index contributed by atoms with van der Waals surface area (Å²) in [7, 11) is 0. The molecular formula is C26H20O2. The van der Waals surface area contributed by atoms with Crippen LogP contribution in [0.4, 0.5) is 0 Å². The lowest BCUT2D eigenvalue weighted by atomic mass is 10.0. The first kappa shape index (κ1) is 17.8. The van der Waals surface area contributed by atoms with Gasteiger partial charge in [-0.1, -0.05) is 90.7 Å². The van der Waals surface area contributed by atoms with E-state index in [4.69, 9.17) is 4.74 Å². The molecule has 0 aromatic heterocycles. The Bertz CT molecular complexity index is 1010. The average molecular weight is 364 g/mol. The minimum atomic E-state index is -0.511. The van der Waals surface area contributed by atoms with Crippen LogP contribution in [0.3, 0.4) is 0 Å². The number of carbonyl (C=O) groups excluding carboxylic acids is 1. The highest BCUT2D eigenvalue weighted by Crippen LogP contribution is 2.55. The van der Waals surface area contributed by atoms with E-state index in [9.17, 15) is 4.79 Å². The Morgan fingerprint density at radius 3 is 1.71 bits per heavy atom. The van der Waals surface area contributed by atoms with Gasteiger partial charge in [-0.25, -0.2) is 0 Å². The number of hydrogen-bond donors (Lipinski definition) is 0. The highest BCUT2D eigenvalue weighted by Gasteiger charge is 2.44. The van der Waals surface area contributed by atoms with Crippen molar-refractivity contribution >= 4 is 17.1 Å². The summed E-state index contributed by atoms with van der Waals surface area (Å²) in [5, 5.41) is 0. The molecule has 0 fully saturated rings. The summed E-state index contributed by atoms with van der Waals surface area (Å²) in [5.41, 5.74) is 5.58. The molecule has 1 aliphatic rings. The maximum atomic E-state index is 11.8. The third kappa shape index (κ3) is 3.89. The molecule has 1 unspecified atom stereocenters. The second kappa shape index (κ2) is 7.98. The molecule has 1 atom stereocenters. The van der Waals surface area contributed by atoms with Crippen LogP contribution in [0.5, 0.6) is 0 Å². The van der Waals surface area contributed by atoms with Crippen LogP contribution in [0.25, 0.3) is 11.1 Å². The van der Waals surface area contributed by atoms with Crippen molar-refractivity contribution in [1.29, 1.82) is 0 Å². The van der Waals surface area contributed by atoms with Gasteiger partial charge in [0.2, 0.25) is 0 Å². The van der Waals surface area contributed by atoms with Crippen molar-refractivity contribution in [2.24, 2.45) is 5.92 Å². The minimum Gasteiger partial charge on any atom is -0.448 e. The Kier molecular flexibility index (Phi) is 5.08. The zero-order chi connectivity index (χ0) is 19.3. The molecule has 0 heterocycles. The van der Waals surface area contributed by atoms with Crippen LogP contribution < -0.4 is 0 Å². The summed E-state index contributed by atoms with van der Waals surface area (Å²) in [6.07, 6.45) is -0.511. The fraction of sp³-hybridized carbons (Fsp3) is 0.115. The molecule has 1 aliphatic carbocycles. The van der Waals surface area contributed by atoms with Gasteiger partial charge in [0.15, 0.2) is 6.10 Å². The molecule has 0 spiro atoms. The predicted octanol–water partition coefficient (Wildman–Crippen LogP) is 5.21. The Morgan fingerprint density at radius 1 is 0.786 bits per heavy atom. The number of hydrogen-bond acceptors (Lipinski definition) is 2. The number of benzene rings is 3. The summed E-state index contributed by atoms with van der Waals surface area (Å²) in [6, 6.07) is 30.2. The first-order valence-electron chi connectivity index (χ1n) is 9.33. The van der Waals surface area contributed by atoms with Crippen LogP contribution in [0.15, 0.2) is 91.0 Å². The number of rotatable bonds is 4. The molecular weight excluding hydrogens is 344 g/mol. The quantitative estimate of drug-likeness (QED) is 0.469. The van der Waals surface area contributed by atoms with Gasteiger partial charge in [-0.2, -0.15) is 0 Å². The average Bonchev–Trinajstić information content (AvgIpc) is 3.48. The third-order valence-corrected chi connectivity index (χ3v) is 4.73. The highest BCUT2D eigenvalue weighted by atomic mass is 16.5. The van der Waals surface area contributed by atoms with Crippen LogP contribution in [-0.4, -0.2) is 12.1 Å². The zero-order valence-electron chi connectivity index (χ0n) is 15.6. The molecule has 28 heavy (non-hydrogen) atoms. The van der Waals surface area contributed by atoms with Gasteiger partial charge in [0, 0.05) is 12.5 Å². The summed E-state index contributed by atoms with van der Waals surface area (Å²) >= 11 is 0. The normalized spacial score (nSPS) is 14.0. The zero-order valence-corrected chi connectivity index (χ0v) is 15.6. The van der Waals surface area contributed by atoms with Crippen LogP contribution in [0.1, 0.15) is 23.6 Å². The molecule has 4 rings (SSSR count). The smallest absolute Gasteiger partial charge is 0.303 e. The van der Waals surface area contributed by atoms with E-state index >= 15 is 0 Å². The van der Waals surface area contributed by atoms with Crippen molar-refractivity contribution in [3.05, 3.63) is 108 Å². The molecule has 3 aromatic carbocycles. The minimum absolute atomic E-state index is 0.0232. The fourth-order valence-electron chi connectivity index (χ4n) is 3.48. The molecule has 0 bridgehead atoms. The van der Waals surface area contributed by atoms with E-state index in [1.807, 2.05) is 66.7 Å². The third-order valence-electron chi connectivity index (χ3n) is 4.73. The molecule has 0 saturated heterocycles. The van der Waals surface area contributed by atoms with E-state index in [1.165, 1.54) is 18.1 Å². The van der Waals surface area contributed by atoms with Gasteiger partial charge < -0.3 is 4.74 Å². The van der Waals surface area contributed by atoms with E-state index in [-0.39, 0.29) is 11.9 Å². The molecule has 0 saturated carbocycles. The van der Waals surface area contributed by atoms with Crippen molar-refractivity contribution in [2.45, 2.75) is 13.0 Å². The molecule has 0 radical (unpaired) electrons. The number of esters is 1. The monoisotopic (exact) mass is 364 g/mol. The molecule has 2 heteroatoms. The van der Waals surface area contributed by atoms with Crippen molar-refractivity contribution < 1.29 is 9.53 Å². The number of ether oxygens (including phenoxy) is 1. The van der Waals surface area contributed by atoms with E-state index in [0.717, 1.165) is 16.7 Å². The van der Waals surface area contributed by atoms with Gasteiger partial charge in [-0.15, -0.1) is 0 Å². The van der Waals surface area contributed by atoms with Gasteiger partial charge in [0.05, 0.1) is 5.92 Å².